The van der Waals surface area contributed by atoms with Gasteiger partial charge in [-0.1, -0.05) is 137 Å². The summed E-state index contributed by atoms with van der Waals surface area (Å²) in [6, 6.07) is 5.01. The van der Waals surface area contributed by atoms with Crippen LogP contribution in [0.15, 0.2) is 23.2 Å². The first-order chi connectivity index (χ1) is 24.5. The molecule has 0 aromatic heterocycles. The van der Waals surface area contributed by atoms with E-state index in [0.717, 1.165) is 74.0 Å². The second kappa shape index (κ2) is 26.4. The number of aryl methyl sites for hydroxylation is 1. The van der Waals surface area contributed by atoms with E-state index < -0.39 is 25.5 Å². The number of unbranched alkanes of at least 4 members (excludes halogenated alkanes) is 9. The van der Waals surface area contributed by atoms with Crippen molar-refractivity contribution in [2.24, 2.45) is 22.7 Å². The van der Waals surface area contributed by atoms with Crippen LogP contribution in [0.3, 0.4) is 0 Å². The number of ether oxygens (including phenoxy) is 1. The van der Waals surface area contributed by atoms with E-state index >= 15 is 0 Å². The van der Waals surface area contributed by atoms with Gasteiger partial charge in [0.25, 0.3) is 0 Å². The molecule has 1 aliphatic heterocycles. The Morgan fingerprint density at radius 2 is 1.33 bits per heavy atom. The zero-order valence-corrected chi connectivity index (χ0v) is 34.1. The standard InChI is InChI=1S/C26H45O5P.C15H27NO4/c1-20(2)9-6-10-21(3)11-7-12-22(4)13-8-17-26(5)18-16-23-19-24(31-32(27,28)29)14-15-25(23)30-26;1-2-3-4-5-6-7-8-9-10-11-12-16-13(14(17)18)15(19)20/h14-15,19-22H,6-13,16-18H2,1-5H3,(H2,27,28,29);2-12H2,1H3,(H,17,18)(H,19,20). The van der Waals surface area contributed by atoms with E-state index in [4.69, 9.17) is 29.3 Å². The summed E-state index contributed by atoms with van der Waals surface area (Å²) in [5.74, 6) is 0.482. The first-order valence-electron chi connectivity index (χ1n) is 20.1. The number of aliphatic imine (C=N–C) groups is 1. The molecule has 1 aliphatic rings. The fraction of sp³-hybridized carbons (Fsp3) is 0.780. The zero-order valence-electron chi connectivity index (χ0n) is 33.2. The molecule has 300 valence electrons. The van der Waals surface area contributed by atoms with Gasteiger partial charge in [-0.2, -0.15) is 0 Å². The van der Waals surface area contributed by atoms with Gasteiger partial charge in [-0.25, -0.2) is 14.2 Å². The van der Waals surface area contributed by atoms with Gasteiger partial charge in [0, 0.05) is 6.54 Å². The van der Waals surface area contributed by atoms with Crippen molar-refractivity contribution in [3.05, 3.63) is 23.8 Å². The van der Waals surface area contributed by atoms with Crippen molar-refractivity contribution in [3.63, 3.8) is 0 Å². The number of nitrogens with zero attached hydrogens (tertiary/aromatic N) is 1. The van der Waals surface area contributed by atoms with Gasteiger partial charge in [0.2, 0.25) is 5.71 Å². The number of carbonyl (C=O) groups is 2. The number of hydrogen-bond donors (Lipinski definition) is 4. The van der Waals surface area contributed by atoms with Crippen LogP contribution in [0, 0.1) is 17.8 Å². The molecule has 0 bridgehead atoms. The molecule has 11 heteroatoms. The number of hydrogen-bond acceptors (Lipinski definition) is 6. The second-order valence-electron chi connectivity index (χ2n) is 15.8. The monoisotopic (exact) mass is 753 g/mol. The van der Waals surface area contributed by atoms with Crippen LogP contribution in [0.4, 0.5) is 0 Å². The lowest BCUT2D eigenvalue weighted by Crippen LogP contribution is -2.36. The van der Waals surface area contributed by atoms with Gasteiger partial charge in [-0.15, -0.1) is 0 Å². The maximum absolute atomic E-state index is 11.0. The summed E-state index contributed by atoms with van der Waals surface area (Å²) in [5.41, 5.74) is 0.00809. The summed E-state index contributed by atoms with van der Waals surface area (Å²) < 4.78 is 22.1. The van der Waals surface area contributed by atoms with Crippen molar-refractivity contribution in [2.75, 3.05) is 6.54 Å². The Hall–Kier alpha value is -2.42. The van der Waals surface area contributed by atoms with Gasteiger partial charge in [0.05, 0.1) is 0 Å². The molecule has 0 saturated heterocycles. The van der Waals surface area contributed by atoms with Gasteiger partial charge in [-0.05, 0) is 80.5 Å². The molecule has 1 heterocycles. The molecule has 2 rings (SSSR count). The van der Waals surface area contributed by atoms with Gasteiger partial charge in [-0.3, -0.25) is 14.8 Å². The molecule has 0 aliphatic carbocycles. The Labute approximate surface area is 314 Å². The van der Waals surface area contributed by atoms with E-state index in [0.29, 0.717) is 0 Å². The lowest BCUT2D eigenvalue weighted by atomic mass is 9.86. The Bertz CT molecular complexity index is 1210. The van der Waals surface area contributed by atoms with Crippen molar-refractivity contribution in [1.29, 1.82) is 0 Å². The molecule has 1 aromatic rings. The molecular weight excluding hydrogens is 681 g/mol. The van der Waals surface area contributed by atoms with Crippen molar-refractivity contribution in [1.82, 2.24) is 0 Å². The van der Waals surface area contributed by atoms with Crippen LogP contribution >= 0.6 is 7.82 Å². The molecule has 52 heavy (non-hydrogen) atoms. The fourth-order valence-electron chi connectivity index (χ4n) is 6.76. The van der Waals surface area contributed by atoms with Gasteiger partial charge in [0.1, 0.15) is 17.1 Å². The first kappa shape index (κ1) is 47.6. The number of phosphoric ester groups is 1. The van der Waals surface area contributed by atoms with Crippen molar-refractivity contribution in [2.45, 2.75) is 182 Å². The SMILES string of the molecule is CC(C)CCCC(C)CCCC(C)CCCC1(C)CCc2cc(OP(=O)(O)O)ccc2O1.CCCCCCCCCCCCN=C(C(=O)O)C(=O)O. The summed E-state index contributed by atoms with van der Waals surface area (Å²) in [4.78, 5) is 42.7. The van der Waals surface area contributed by atoms with Crippen LogP contribution < -0.4 is 9.26 Å². The van der Waals surface area contributed by atoms with Crippen LogP contribution in [0.1, 0.15) is 176 Å². The average molecular weight is 754 g/mol. The number of carboxylic acids is 2. The Balaban J connectivity index is 0.000000583. The van der Waals surface area contributed by atoms with Crippen LogP contribution in [0.5, 0.6) is 11.5 Å². The number of phosphoric acid groups is 1. The normalized spacial score (nSPS) is 16.6. The van der Waals surface area contributed by atoms with E-state index in [2.05, 4.69) is 46.5 Å². The lowest BCUT2D eigenvalue weighted by molar-refractivity contribution is -0.134. The summed E-state index contributed by atoms with van der Waals surface area (Å²) in [7, 11) is -4.54. The van der Waals surface area contributed by atoms with Crippen molar-refractivity contribution >= 4 is 25.5 Å². The third-order valence-electron chi connectivity index (χ3n) is 10.00. The molecule has 0 spiro atoms. The lowest BCUT2D eigenvalue weighted by Gasteiger charge is -2.36. The Morgan fingerprint density at radius 1 is 0.808 bits per heavy atom. The van der Waals surface area contributed by atoms with Crippen LogP contribution in [-0.2, 0) is 20.6 Å². The molecule has 0 saturated carbocycles. The first-order valence-corrected chi connectivity index (χ1v) is 21.7. The van der Waals surface area contributed by atoms with E-state index in [1.807, 2.05) is 0 Å². The molecule has 0 amide bonds. The molecule has 3 unspecified atom stereocenters. The molecule has 3 atom stereocenters. The number of rotatable bonds is 27. The van der Waals surface area contributed by atoms with Crippen LogP contribution in [-0.4, -0.2) is 49.8 Å². The summed E-state index contributed by atoms with van der Waals surface area (Å²) in [5, 5.41) is 17.2. The largest absolute Gasteiger partial charge is 0.524 e. The molecule has 1 aromatic carbocycles. The maximum Gasteiger partial charge on any atom is 0.524 e. The van der Waals surface area contributed by atoms with Gasteiger partial charge < -0.3 is 19.5 Å². The minimum atomic E-state index is -4.54. The number of aliphatic carboxylic acids is 2. The van der Waals surface area contributed by atoms with Crippen molar-refractivity contribution in [3.8, 4) is 11.5 Å². The van der Waals surface area contributed by atoms with E-state index in [1.165, 1.54) is 89.9 Å². The van der Waals surface area contributed by atoms with E-state index in [1.54, 1.807) is 18.2 Å². The highest BCUT2D eigenvalue weighted by Gasteiger charge is 2.32. The average Bonchev–Trinajstić information content (AvgIpc) is 3.04. The highest BCUT2D eigenvalue weighted by Crippen LogP contribution is 2.42. The fourth-order valence-corrected chi connectivity index (χ4v) is 7.14. The predicted octanol–water partition coefficient (Wildman–Crippen LogP) is 11.2. The molecule has 0 fully saturated rings. The Morgan fingerprint density at radius 3 is 1.85 bits per heavy atom. The van der Waals surface area contributed by atoms with Gasteiger partial charge in [0.15, 0.2) is 0 Å². The smallest absolute Gasteiger partial charge is 0.487 e. The van der Waals surface area contributed by atoms with Gasteiger partial charge >= 0.3 is 19.8 Å². The highest BCUT2D eigenvalue weighted by molar-refractivity contribution is 7.46. The maximum atomic E-state index is 11.0. The van der Waals surface area contributed by atoms with E-state index in [-0.39, 0.29) is 17.9 Å². The summed E-state index contributed by atoms with van der Waals surface area (Å²) in [6.07, 6.45) is 25.1. The summed E-state index contributed by atoms with van der Waals surface area (Å²) >= 11 is 0. The van der Waals surface area contributed by atoms with E-state index in [9.17, 15) is 14.2 Å². The number of carboxylic acid groups (broad SMARTS) is 2. The molecular formula is C41H72NO9P. The third-order valence-corrected chi connectivity index (χ3v) is 10.4. The molecule has 10 nitrogen and oxygen atoms in total. The molecule has 4 N–H and O–H groups in total. The highest BCUT2D eigenvalue weighted by atomic mass is 31.2. The van der Waals surface area contributed by atoms with Crippen molar-refractivity contribution < 1.29 is 43.4 Å². The summed E-state index contributed by atoms with van der Waals surface area (Å²) in [6.45, 7) is 14.1. The number of fused-ring (bicyclic) bond motifs is 1. The zero-order chi connectivity index (χ0) is 39.0. The predicted molar refractivity (Wildman–Crippen MR) is 211 cm³/mol. The quantitative estimate of drug-likeness (QED) is 0.0296. The van der Waals surface area contributed by atoms with Crippen LogP contribution in [0.2, 0.25) is 0 Å². The Kier molecular flexibility index (Phi) is 24.1. The third kappa shape index (κ3) is 23.3. The molecule has 0 radical (unpaired) electrons. The number of benzene rings is 1. The minimum absolute atomic E-state index is 0.177. The topological polar surface area (TPSA) is 163 Å². The minimum Gasteiger partial charge on any atom is -0.487 e. The second-order valence-corrected chi connectivity index (χ2v) is 16.9. The van der Waals surface area contributed by atoms with Crippen LogP contribution in [0.25, 0.3) is 0 Å².